The zero-order valence-electron chi connectivity index (χ0n) is 7.26. The summed E-state index contributed by atoms with van der Waals surface area (Å²) in [7, 11) is 3.35. The topological polar surface area (TPSA) is 70.4 Å². The third-order valence-electron chi connectivity index (χ3n) is 1.11. The summed E-state index contributed by atoms with van der Waals surface area (Å²) >= 11 is 4.57. The molecule has 5 nitrogen and oxygen atoms in total. The Balaban J connectivity index is 3.32. The van der Waals surface area contributed by atoms with Crippen molar-refractivity contribution >= 4 is 23.4 Å². The molecule has 0 aromatic rings. The number of nitrogens with two attached hydrogens (primary N) is 1. The second kappa shape index (κ2) is 5.59. The van der Waals surface area contributed by atoms with Crippen molar-refractivity contribution in [1.29, 1.82) is 0 Å². The van der Waals surface area contributed by atoms with Gasteiger partial charge in [-0.05, 0) is 12.2 Å². The van der Waals surface area contributed by atoms with Crippen molar-refractivity contribution in [3.63, 3.8) is 0 Å². The van der Waals surface area contributed by atoms with Crippen LogP contribution < -0.4 is 16.4 Å². The number of hydrogen-bond donors (Lipinski definition) is 3. The van der Waals surface area contributed by atoms with Crippen LogP contribution in [0.1, 0.15) is 0 Å². The molecule has 12 heavy (non-hydrogen) atoms. The van der Waals surface area contributed by atoms with Gasteiger partial charge in [-0.3, -0.25) is 0 Å². The Kier molecular flexibility index (Phi) is 5.11. The molecular weight excluding hydrogens is 176 g/mol. The molecular formula is C6H14N4OS. The van der Waals surface area contributed by atoms with Crippen LogP contribution in [0.4, 0.5) is 4.79 Å². The van der Waals surface area contributed by atoms with Gasteiger partial charge in [0.15, 0.2) is 5.11 Å². The minimum absolute atomic E-state index is 0.125. The molecule has 0 radical (unpaired) electrons. The molecule has 0 aliphatic rings. The first kappa shape index (κ1) is 11.0. The van der Waals surface area contributed by atoms with Gasteiger partial charge in [-0.2, -0.15) is 0 Å². The molecule has 0 fully saturated rings. The van der Waals surface area contributed by atoms with Crippen LogP contribution in [0.5, 0.6) is 0 Å². The number of thiocarbonyl (C=S) groups is 1. The number of nitrogens with zero attached hydrogens (tertiary/aromatic N) is 1. The molecule has 0 rings (SSSR count). The van der Waals surface area contributed by atoms with Gasteiger partial charge in [-0.25, -0.2) is 4.79 Å². The quantitative estimate of drug-likeness (QED) is 0.398. The SMILES string of the molecule is CN(C)C(=O)NCCNC(N)=S. The number of hydrogen-bond acceptors (Lipinski definition) is 2. The predicted octanol–water partition coefficient (Wildman–Crippen LogP) is -0.909. The van der Waals surface area contributed by atoms with E-state index >= 15 is 0 Å². The molecule has 0 aliphatic carbocycles. The van der Waals surface area contributed by atoms with E-state index in [2.05, 4.69) is 22.9 Å². The lowest BCUT2D eigenvalue weighted by Gasteiger charge is -2.11. The number of urea groups is 1. The average Bonchev–Trinajstić information content (AvgIpc) is 1.97. The highest BCUT2D eigenvalue weighted by Gasteiger charge is 1.99. The highest BCUT2D eigenvalue weighted by molar-refractivity contribution is 7.80. The summed E-state index contributed by atoms with van der Waals surface area (Å²) in [6, 6.07) is -0.125. The Labute approximate surface area is 77.3 Å². The van der Waals surface area contributed by atoms with Crippen molar-refractivity contribution in [2.45, 2.75) is 0 Å². The number of rotatable bonds is 3. The second-order valence-corrected chi connectivity index (χ2v) is 2.86. The second-order valence-electron chi connectivity index (χ2n) is 2.42. The van der Waals surface area contributed by atoms with E-state index in [0.717, 1.165) is 0 Å². The van der Waals surface area contributed by atoms with Gasteiger partial charge in [-0.1, -0.05) is 0 Å². The maximum atomic E-state index is 10.9. The maximum absolute atomic E-state index is 10.9. The molecule has 0 aromatic carbocycles. The minimum atomic E-state index is -0.125. The summed E-state index contributed by atoms with van der Waals surface area (Å²) in [6.45, 7) is 1.06. The number of nitrogens with one attached hydrogen (secondary N) is 2. The molecule has 2 amide bonds. The lowest BCUT2D eigenvalue weighted by molar-refractivity contribution is 0.217. The van der Waals surface area contributed by atoms with Crippen LogP contribution in [-0.2, 0) is 0 Å². The standard InChI is InChI=1S/C6H14N4OS/c1-10(2)6(11)9-4-3-8-5(7)12/h3-4H2,1-2H3,(H,9,11)(H3,7,8,12). The molecule has 70 valence electrons. The molecule has 6 heteroatoms. The number of amides is 2. The Morgan fingerprint density at radius 3 is 2.33 bits per heavy atom. The average molecular weight is 190 g/mol. The van der Waals surface area contributed by atoms with E-state index in [1.165, 1.54) is 4.90 Å². The molecule has 0 unspecified atom stereocenters. The van der Waals surface area contributed by atoms with E-state index in [1.54, 1.807) is 14.1 Å². The fourth-order valence-electron chi connectivity index (χ4n) is 0.513. The molecule has 0 saturated heterocycles. The van der Waals surface area contributed by atoms with Crippen LogP contribution in [0.25, 0.3) is 0 Å². The zero-order valence-corrected chi connectivity index (χ0v) is 8.07. The third kappa shape index (κ3) is 5.72. The number of carbonyl (C=O) groups excluding carboxylic acids is 1. The first-order valence-corrected chi connectivity index (χ1v) is 3.93. The monoisotopic (exact) mass is 190 g/mol. The third-order valence-corrected chi connectivity index (χ3v) is 1.25. The van der Waals surface area contributed by atoms with Gasteiger partial charge >= 0.3 is 6.03 Å². The van der Waals surface area contributed by atoms with E-state index in [0.29, 0.717) is 13.1 Å². The summed E-state index contributed by atoms with van der Waals surface area (Å²) < 4.78 is 0. The summed E-state index contributed by atoms with van der Waals surface area (Å²) in [5, 5.41) is 5.61. The van der Waals surface area contributed by atoms with E-state index < -0.39 is 0 Å². The largest absolute Gasteiger partial charge is 0.376 e. The normalized spacial score (nSPS) is 8.83. The zero-order chi connectivity index (χ0) is 9.56. The van der Waals surface area contributed by atoms with Gasteiger partial charge in [0.2, 0.25) is 0 Å². The molecule has 0 atom stereocenters. The minimum Gasteiger partial charge on any atom is -0.376 e. The molecule has 0 bridgehead atoms. The highest BCUT2D eigenvalue weighted by atomic mass is 32.1. The van der Waals surface area contributed by atoms with E-state index in [4.69, 9.17) is 5.73 Å². The van der Waals surface area contributed by atoms with Gasteiger partial charge in [0.1, 0.15) is 0 Å². The lowest BCUT2D eigenvalue weighted by atomic mass is 10.6. The van der Waals surface area contributed by atoms with Gasteiger partial charge < -0.3 is 21.3 Å². The Morgan fingerprint density at radius 2 is 1.92 bits per heavy atom. The van der Waals surface area contributed by atoms with Crippen LogP contribution in [-0.4, -0.2) is 43.2 Å². The molecule has 0 heterocycles. The van der Waals surface area contributed by atoms with Crippen LogP contribution in [0.15, 0.2) is 0 Å². The van der Waals surface area contributed by atoms with Crippen molar-refractivity contribution in [2.24, 2.45) is 5.73 Å². The fraction of sp³-hybridized carbons (Fsp3) is 0.667. The van der Waals surface area contributed by atoms with Crippen LogP contribution >= 0.6 is 12.2 Å². The maximum Gasteiger partial charge on any atom is 0.316 e. The molecule has 0 spiro atoms. The predicted molar refractivity (Wildman–Crippen MR) is 51.9 cm³/mol. The first-order valence-electron chi connectivity index (χ1n) is 3.52. The van der Waals surface area contributed by atoms with Crippen molar-refractivity contribution < 1.29 is 4.79 Å². The summed E-state index contributed by atoms with van der Waals surface area (Å²) in [5.41, 5.74) is 5.17. The highest BCUT2D eigenvalue weighted by Crippen LogP contribution is 1.74. The van der Waals surface area contributed by atoms with E-state index in [-0.39, 0.29) is 11.1 Å². The smallest absolute Gasteiger partial charge is 0.316 e. The van der Waals surface area contributed by atoms with E-state index in [9.17, 15) is 4.79 Å². The van der Waals surface area contributed by atoms with E-state index in [1.807, 2.05) is 0 Å². The van der Waals surface area contributed by atoms with Gasteiger partial charge in [0, 0.05) is 27.2 Å². The molecule has 0 aliphatic heterocycles. The Hall–Kier alpha value is -1.04. The van der Waals surface area contributed by atoms with Gasteiger partial charge in [0.25, 0.3) is 0 Å². The van der Waals surface area contributed by atoms with Crippen LogP contribution in [0.3, 0.4) is 0 Å². The summed E-state index contributed by atoms with van der Waals surface area (Å²) in [4.78, 5) is 12.4. The Bertz CT molecular complexity index is 171. The van der Waals surface area contributed by atoms with Crippen molar-refractivity contribution in [2.75, 3.05) is 27.2 Å². The van der Waals surface area contributed by atoms with Crippen molar-refractivity contribution in [1.82, 2.24) is 15.5 Å². The van der Waals surface area contributed by atoms with Gasteiger partial charge in [-0.15, -0.1) is 0 Å². The van der Waals surface area contributed by atoms with Crippen molar-refractivity contribution in [3.8, 4) is 0 Å². The lowest BCUT2D eigenvalue weighted by Crippen LogP contribution is -2.40. The van der Waals surface area contributed by atoms with Crippen LogP contribution in [0.2, 0.25) is 0 Å². The Morgan fingerprint density at radius 1 is 1.42 bits per heavy atom. The van der Waals surface area contributed by atoms with Crippen LogP contribution in [0, 0.1) is 0 Å². The summed E-state index contributed by atoms with van der Waals surface area (Å²) in [6.07, 6.45) is 0. The first-order chi connectivity index (χ1) is 5.54. The molecule has 4 N–H and O–H groups in total. The fourth-order valence-corrected chi connectivity index (χ4v) is 0.615. The molecule has 0 saturated carbocycles. The number of carbonyl (C=O) groups is 1. The summed E-state index contributed by atoms with van der Waals surface area (Å²) in [5.74, 6) is 0. The van der Waals surface area contributed by atoms with Gasteiger partial charge in [0.05, 0.1) is 0 Å². The molecule has 0 aromatic heterocycles. The van der Waals surface area contributed by atoms with Crippen molar-refractivity contribution in [3.05, 3.63) is 0 Å².